The highest BCUT2D eigenvalue weighted by molar-refractivity contribution is 6.12. The summed E-state index contributed by atoms with van der Waals surface area (Å²) in [5.74, 6) is 5.48. The highest BCUT2D eigenvalue weighted by Crippen LogP contribution is 2.65. The molecule has 3 aliphatic carbocycles. The first kappa shape index (κ1) is 62.0. The van der Waals surface area contributed by atoms with Gasteiger partial charge in [-0.25, -0.2) is 24.9 Å². The van der Waals surface area contributed by atoms with Crippen LogP contribution in [0.3, 0.4) is 0 Å². The van der Waals surface area contributed by atoms with E-state index in [1.54, 1.807) is 0 Å². The fraction of sp³-hybridized carbons (Fsp3) is 0.0490. The van der Waals surface area contributed by atoms with Crippen LogP contribution in [0.2, 0.25) is 0 Å². The third kappa shape index (κ3) is 8.93. The summed E-state index contributed by atoms with van der Waals surface area (Å²) in [6.45, 7) is 4.65. The maximum absolute atomic E-state index is 7.18. The number of rotatable bonds is 8. The summed E-state index contributed by atoms with van der Waals surface area (Å²) in [7, 11) is 0. The Hall–Kier alpha value is -14.2. The predicted molar refractivity (Wildman–Crippen MR) is 439 cm³/mol. The van der Waals surface area contributed by atoms with Crippen LogP contribution in [0.4, 0.5) is 0 Å². The SMILES string of the molecule is CC1(C)c2ccccc2-c2ccc(-c3cc(-c4ccc5c(c4)Oc4ccccc4C54c5ccccc5-c5cc(-c6cc(-c7ccc(-c8nc(-c9ccccc9)nc(-c9ccc%10c(c9)Oc9ccccc9C%109c%10ccccc%10-c%10ccccc%109)n8)cc7)c7oc8ccccc8c7c6)ccc54)nc(-c4ccccc4)n3)cc21. The number of ether oxygens (including phenoxy) is 2. The van der Waals surface area contributed by atoms with Gasteiger partial charge < -0.3 is 13.9 Å². The van der Waals surface area contributed by atoms with Gasteiger partial charge in [0.1, 0.15) is 34.2 Å². The molecular formula is C102H63N5O3. The smallest absolute Gasteiger partial charge is 0.164 e. The van der Waals surface area contributed by atoms with E-state index in [4.69, 9.17) is 38.8 Å². The quantitative estimate of drug-likeness (QED) is 0.148. The second-order valence-corrected chi connectivity index (χ2v) is 30.0. The number of fused-ring (bicyclic) bond motifs is 24. The first-order valence-electron chi connectivity index (χ1n) is 37.6. The molecule has 2 spiro atoms. The molecule has 2 aliphatic heterocycles. The molecule has 5 heterocycles. The number of benzene rings is 15. The van der Waals surface area contributed by atoms with Crippen molar-refractivity contribution in [1.29, 1.82) is 0 Å². The molecule has 8 nitrogen and oxygen atoms in total. The van der Waals surface area contributed by atoms with Crippen LogP contribution in [0, 0.1) is 0 Å². The summed E-state index contributed by atoms with van der Waals surface area (Å²) in [5.41, 5.74) is 30.5. The fourth-order valence-electron chi connectivity index (χ4n) is 18.9. The zero-order chi connectivity index (χ0) is 72.6. The maximum atomic E-state index is 7.18. The van der Waals surface area contributed by atoms with Crippen LogP contribution >= 0.6 is 0 Å². The lowest BCUT2D eigenvalue weighted by Crippen LogP contribution is -2.32. The Labute approximate surface area is 635 Å². The molecule has 5 aliphatic rings. The molecule has 0 bridgehead atoms. The van der Waals surface area contributed by atoms with Crippen molar-refractivity contribution < 1.29 is 13.9 Å². The van der Waals surface area contributed by atoms with E-state index in [0.29, 0.717) is 23.3 Å². The van der Waals surface area contributed by atoms with Gasteiger partial charge in [-0.05, 0) is 144 Å². The average molecular weight is 1410 g/mol. The molecule has 1 unspecified atom stereocenters. The van der Waals surface area contributed by atoms with E-state index in [-0.39, 0.29) is 5.41 Å². The van der Waals surface area contributed by atoms with Crippen molar-refractivity contribution in [3.05, 3.63) is 401 Å². The number of furan rings is 1. The molecular weight excluding hydrogens is 1340 g/mol. The highest BCUT2D eigenvalue weighted by atomic mass is 16.5. The molecule has 110 heavy (non-hydrogen) atoms. The highest BCUT2D eigenvalue weighted by Gasteiger charge is 2.53. The van der Waals surface area contributed by atoms with Crippen LogP contribution < -0.4 is 9.47 Å². The summed E-state index contributed by atoms with van der Waals surface area (Å²) in [5, 5.41) is 2.08. The van der Waals surface area contributed by atoms with Crippen molar-refractivity contribution >= 4 is 21.9 Å². The Balaban J connectivity index is 0.628. The van der Waals surface area contributed by atoms with Crippen molar-refractivity contribution in [3.63, 3.8) is 0 Å². The van der Waals surface area contributed by atoms with Gasteiger partial charge >= 0.3 is 0 Å². The molecule has 0 radical (unpaired) electrons. The second kappa shape index (κ2) is 23.4. The van der Waals surface area contributed by atoms with Crippen LogP contribution in [-0.2, 0) is 16.2 Å². The Bertz CT molecular complexity index is 6910. The third-order valence-corrected chi connectivity index (χ3v) is 23.9. The summed E-state index contributed by atoms with van der Waals surface area (Å²) in [6, 6.07) is 124. The van der Waals surface area contributed by atoms with Crippen LogP contribution in [0.15, 0.2) is 350 Å². The van der Waals surface area contributed by atoms with Gasteiger partial charge in [-0.3, -0.25) is 0 Å². The molecule has 18 aromatic rings. The van der Waals surface area contributed by atoms with Crippen LogP contribution in [0.5, 0.6) is 23.0 Å². The molecule has 0 amide bonds. The number of hydrogen-bond acceptors (Lipinski definition) is 8. The molecule has 3 aromatic heterocycles. The normalized spacial score (nSPS) is 15.0. The molecule has 1 atom stereocenters. The third-order valence-electron chi connectivity index (χ3n) is 23.9. The van der Waals surface area contributed by atoms with Gasteiger partial charge in [-0.2, -0.15) is 0 Å². The van der Waals surface area contributed by atoms with Crippen LogP contribution in [0.1, 0.15) is 69.5 Å². The van der Waals surface area contributed by atoms with Crippen molar-refractivity contribution in [2.24, 2.45) is 0 Å². The van der Waals surface area contributed by atoms with Crippen molar-refractivity contribution in [1.82, 2.24) is 24.9 Å². The van der Waals surface area contributed by atoms with Gasteiger partial charge in [0.2, 0.25) is 0 Å². The monoisotopic (exact) mass is 1410 g/mol. The number of aromatic nitrogens is 5. The molecule has 0 N–H and O–H groups in total. The van der Waals surface area contributed by atoms with Gasteiger partial charge in [0.05, 0.1) is 22.2 Å². The van der Waals surface area contributed by atoms with E-state index in [0.717, 1.165) is 140 Å². The molecule has 23 rings (SSSR count). The van der Waals surface area contributed by atoms with E-state index in [1.165, 1.54) is 61.2 Å². The van der Waals surface area contributed by atoms with Crippen molar-refractivity contribution in [3.8, 4) is 147 Å². The summed E-state index contributed by atoms with van der Waals surface area (Å²) >= 11 is 0. The van der Waals surface area contributed by atoms with E-state index in [9.17, 15) is 0 Å². The Morgan fingerprint density at radius 1 is 0.218 bits per heavy atom. The minimum atomic E-state index is -0.728. The summed E-state index contributed by atoms with van der Waals surface area (Å²) in [4.78, 5) is 26.5. The predicted octanol–water partition coefficient (Wildman–Crippen LogP) is 25.1. The van der Waals surface area contributed by atoms with Gasteiger partial charge in [0, 0.05) is 77.4 Å². The van der Waals surface area contributed by atoms with Crippen LogP contribution in [-0.4, -0.2) is 24.9 Å². The summed E-state index contributed by atoms with van der Waals surface area (Å²) in [6.07, 6.45) is 0. The Morgan fingerprint density at radius 2 is 0.609 bits per heavy atom. The second-order valence-electron chi connectivity index (χ2n) is 30.0. The topological polar surface area (TPSA) is 96.1 Å². The molecule has 8 heteroatoms. The lowest BCUT2D eigenvalue weighted by atomic mass is 9.66. The molecule has 514 valence electrons. The number of nitrogens with zero attached hydrogens (tertiary/aromatic N) is 5. The molecule has 0 saturated carbocycles. The van der Waals surface area contributed by atoms with Crippen LogP contribution in [0.25, 0.3) is 146 Å². The van der Waals surface area contributed by atoms with Crippen molar-refractivity contribution in [2.45, 2.75) is 30.1 Å². The first-order chi connectivity index (χ1) is 54.2. The van der Waals surface area contributed by atoms with Crippen molar-refractivity contribution in [2.75, 3.05) is 0 Å². The minimum Gasteiger partial charge on any atom is -0.457 e. The number of hydrogen-bond donors (Lipinski definition) is 0. The van der Waals surface area contributed by atoms with Gasteiger partial charge in [0.15, 0.2) is 23.3 Å². The maximum Gasteiger partial charge on any atom is 0.164 e. The Kier molecular flexibility index (Phi) is 13.2. The van der Waals surface area contributed by atoms with E-state index in [2.05, 4.69) is 305 Å². The van der Waals surface area contributed by atoms with Gasteiger partial charge in [0.25, 0.3) is 0 Å². The van der Waals surface area contributed by atoms with E-state index < -0.39 is 10.8 Å². The minimum absolute atomic E-state index is 0.174. The van der Waals surface area contributed by atoms with Gasteiger partial charge in [-0.1, -0.05) is 299 Å². The average Bonchev–Trinajstić information content (AvgIpc) is 1.52. The zero-order valence-electron chi connectivity index (χ0n) is 59.9. The van der Waals surface area contributed by atoms with Gasteiger partial charge in [-0.15, -0.1) is 0 Å². The molecule has 0 fully saturated rings. The zero-order valence-corrected chi connectivity index (χ0v) is 59.9. The molecule has 0 saturated heterocycles. The molecule has 15 aromatic carbocycles. The van der Waals surface area contributed by atoms with E-state index >= 15 is 0 Å². The first-order valence-corrected chi connectivity index (χ1v) is 37.6. The Morgan fingerprint density at radius 3 is 1.22 bits per heavy atom. The lowest BCUT2D eigenvalue weighted by molar-refractivity contribution is 0.436. The largest absolute Gasteiger partial charge is 0.457 e. The summed E-state index contributed by atoms with van der Waals surface area (Å²) < 4.78 is 21.1. The lowest BCUT2D eigenvalue weighted by Gasteiger charge is -2.39. The number of para-hydroxylation sites is 3. The standard InChI is InChI=1S/C102H63N5O3/c1-100(2)78-32-14-9-27-69(78)73-49-45-65(56-87(73)100)88-59-89(104-96(103-88)61-23-5-3-6-24-61)66-47-51-85-93(57-66)108-92-40-22-19-37-84(92)102(85)81-35-17-12-30-72(81)76-53-64(46-50-82(76)102)68-54-75(95-77(55-68)74-31-13-20-38-90(74)110-95)60-41-43-63(44-42-60)98-105-97(62-25-7-4-8-26-62)106-99(107-98)67-48-52-86-94(58-67)109-91-39-21-18-36-83(91)101(86)79-33-15-10-28-70(79)71-29-11-16-34-80(71)101/h3-59H,1-2H3. The fourth-order valence-corrected chi connectivity index (χ4v) is 18.9. The van der Waals surface area contributed by atoms with E-state index in [1.807, 2.05) is 54.6 Å².